The first-order chi connectivity index (χ1) is 6.32. The van der Waals surface area contributed by atoms with Gasteiger partial charge in [-0.2, -0.15) is 0 Å². The van der Waals surface area contributed by atoms with Gasteiger partial charge in [0.25, 0.3) is 0 Å². The van der Waals surface area contributed by atoms with Gasteiger partial charge in [0.05, 0.1) is 0 Å². The molecule has 14 heavy (non-hydrogen) atoms. The molecule has 0 unspecified atom stereocenters. The monoisotopic (exact) mass is 258 g/mol. The van der Waals surface area contributed by atoms with E-state index in [-0.39, 0.29) is 11.4 Å². The van der Waals surface area contributed by atoms with E-state index in [1.807, 2.05) is 0 Å². The Morgan fingerprint density at radius 1 is 1.36 bits per heavy atom. The van der Waals surface area contributed by atoms with Crippen molar-refractivity contribution in [1.29, 1.82) is 0 Å². The van der Waals surface area contributed by atoms with Crippen LogP contribution in [-0.4, -0.2) is 23.6 Å². The summed E-state index contributed by atoms with van der Waals surface area (Å²) in [4.78, 5) is 10.0. The molecule has 0 saturated heterocycles. The van der Waals surface area contributed by atoms with Gasteiger partial charge in [-0.05, 0) is 0 Å². The number of phenolic OH excluding ortho intramolecular Hbond substituents is 1. The van der Waals surface area contributed by atoms with Crippen molar-refractivity contribution in [2.75, 3.05) is 0 Å². The topological polar surface area (TPSA) is 63.4 Å². The summed E-state index contributed by atoms with van der Waals surface area (Å²) in [6, 6.07) is 4.66. The fourth-order valence-corrected chi connectivity index (χ4v) is 3.24. The van der Waals surface area contributed by atoms with E-state index in [9.17, 15) is 15.2 Å². The van der Waals surface area contributed by atoms with Gasteiger partial charge in [0.1, 0.15) is 0 Å². The van der Waals surface area contributed by atoms with Crippen LogP contribution in [0.15, 0.2) is 18.2 Å². The molecule has 1 N–H and O–H groups in total. The van der Waals surface area contributed by atoms with Crippen LogP contribution in [0, 0.1) is 10.1 Å². The molecule has 0 amide bonds. The summed E-state index contributed by atoms with van der Waals surface area (Å²) in [5.74, 6) is -0.261. The van der Waals surface area contributed by atoms with Crippen LogP contribution < -0.4 is 4.35 Å². The molecule has 0 heterocycles. The molecule has 0 aromatic heterocycles. The molecule has 5 heteroatoms. The average molecular weight is 258 g/mol. The number of aromatic hydroxyl groups is 1. The first kappa shape index (κ1) is 11.1. The number of benzene rings is 1. The maximum absolute atomic E-state index is 10.6. The van der Waals surface area contributed by atoms with Crippen LogP contribution in [0.25, 0.3) is 0 Å². The molecule has 77 valence electrons. The zero-order valence-electron chi connectivity index (χ0n) is 8.39. The predicted molar refractivity (Wildman–Crippen MR) is 57.7 cm³/mol. The summed E-state index contributed by atoms with van der Waals surface area (Å²) in [6.45, 7) is 0. The molecule has 0 aliphatic rings. The standard InChI is InChI=1S/C9H13AsNO3/c1-10(2,3)7-4-5-9(12)8(6-7)11(13)14/h4-6,12H,1-3H3. The van der Waals surface area contributed by atoms with Gasteiger partial charge in [-0.1, -0.05) is 0 Å². The van der Waals surface area contributed by atoms with Crippen LogP contribution in [-0.2, 0) is 0 Å². The van der Waals surface area contributed by atoms with Gasteiger partial charge in [-0.15, -0.1) is 0 Å². The van der Waals surface area contributed by atoms with Crippen LogP contribution in [0.5, 0.6) is 5.75 Å². The minimum absolute atomic E-state index is 0.196. The maximum atomic E-state index is 10.6. The van der Waals surface area contributed by atoms with Crippen molar-refractivity contribution >= 4 is 23.6 Å². The Morgan fingerprint density at radius 2 is 1.93 bits per heavy atom. The minimum atomic E-state index is -1.88. The van der Waals surface area contributed by atoms with Crippen molar-refractivity contribution in [3.8, 4) is 5.75 Å². The molecule has 1 radical (unpaired) electrons. The summed E-state index contributed by atoms with van der Waals surface area (Å²) in [6.07, 6.45) is 0. The van der Waals surface area contributed by atoms with Crippen molar-refractivity contribution in [3.05, 3.63) is 28.3 Å². The molecule has 0 fully saturated rings. The molecule has 0 saturated carbocycles. The summed E-state index contributed by atoms with van der Waals surface area (Å²) in [5, 5.41) is 19.8. The van der Waals surface area contributed by atoms with E-state index in [4.69, 9.17) is 0 Å². The summed E-state index contributed by atoms with van der Waals surface area (Å²) < 4.78 is 1.01. The van der Waals surface area contributed by atoms with Gasteiger partial charge in [-0.3, -0.25) is 0 Å². The van der Waals surface area contributed by atoms with E-state index in [0.29, 0.717) is 0 Å². The third kappa shape index (κ3) is 2.26. The van der Waals surface area contributed by atoms with Crippen molar-refractivity contribution < 1.29 is 10.0 Å². The second-order valence-corrected chi connectivity index (χ2v) is 13.5. The molecule has 1 aromatic rings. The summed E-state index contributed by atoms with van der Waals surface area (Å²) in [5.41, 5.74) is 6.20. The van der Waals surface area contributed by atoms with Gasteiger partial charge in [0.2, 0.25) is 0 Å². The SMILES string of the molecule is C[As](C)(C)c1ccc(O)c([N+](=O)[O-])c1. The predicted octanol–water partition coefficient (Wildman–Crippen LogP) is 1.85. The molecular formula is C9H13AsNO3. The van der Waals surface area contributed by atoms with Crippen LogP contribution >= 0.6 is 0 Å². The zero-order chi connectivity index (χ0) is 10.9. The Morgan fingerprint density at radius 3 is 2.36 bits per heavy atom. The quantitative estimate of drug-likeness (QED) is 0.500. The molecule has 0 atom stereocenters. The number of hydrogen-bond donors (Lipinski definition) is 1. The van der Waals surface area contributed by atoms with Crippen LogP contribution in [0.3, 0.4) is 0 Å². The van der Waals surface area contributed by atoms with Crippen molar-refractivity contribution in [3.63, 3.8) is 0 Å². The molecule has 0 spiro atoms. The Labute approximate surface area is 85.2 Å². The Kier molecular flexibility index (Phi) is 2.86. The van der Waals surface area contributed by atoms with Crippen LogP contribution in [0.1, 0.15) is 0 Å². The molecule has 0 aliphatic carbocycles. The van der Waals surface area contributed by atoms with Gasteiger partial charge < -0.3 is 0 Å². The van der Waals surface area contributed by atoms with E-state index >= 15 is 0 Å². The molecule has 4 nitrogen and oxygen atoms in total. The summed E-state index contributed by atoms with van der Waals surface area (Å²) >= 11 is -1.88. The van der Waals surface area contributed by atoms with Gasteiger partial charge in [0, 0.05) is 0 Å². The van der Waals surface area contributed by atoms with Crippen molar-refractivity contribution in [1.82, 2.24) is 0 Å². The number of phenols is 1. The number of nitro benzene ring substituents is 1. The normalized spacial score (nSPS) is 11.4. The number of nitrogens with zero attached hydrogens (tertiary/aromatic N) is 1. The number of nitro groups is 1. The molecule has 0 bridgehead atoms. The van der Waals surface area contributed by atoms with E-state index in [0.717, 1.165) is 4.35 Å². The van der Waals surface area contributed by atoms with Crippen molar-refractivity contribution in [2.45, 2.75) is 17.1 Å². The zero-order valence-corrected chi connectivity index (χ0v) is 10.3. The van der Waals surface area contributed by atoms with Gasteiger partial charge in [-0.25, -0.2) is 0 Å². The fraction of sp³-hybridized carbons (Fsp3) is 0.333. The van der Waals surface area contributed by atoms with E-state index in [2.05, 4.69) is 17.1 Å². The van der Waals surface area contributed by atoms with E-state index in [1.54, 1.807) is 6.07 Å². The third-order valence-electron chi connectivity index (χ3n) is 1.93. The summed E-state index contributed by atoms with van der Waals surface area (Å²) in [7, 11) is 0. The van der Waals surface area contributed by atoms with Gasteiger partial charge in [0.15, 0.2) is 0 Å². The van der Waals surface area contributed by atoms with E-state index in [1.165, 1.54) is 12.1 Å². The Bertz CT molecular complexity index is 371. The molecular weight excluding hydrogens is 245 g/mol. The number of rotatable bonds is 2. The van der Waals surface area contributed by atoms with Crippen LogP contribution in [0.4, 0.5) is 5.69 Å². The van der Waals surface area contributed by atoms with Crippen molar-refractivity contribution in [2.24, 2.45) is 0 Å². The van der Waals surface area contributed by atoms with E-state index < -0.39 is 18.5 Å². The van der Waals surface area contributed by atoms with Gasteiger partial charge >= 0.3 is 84.8 Å². The first-order valence-electron chi connectivity index (χ1n) is 4.12. The average Bonchev–Trinajstić information content (AvgIpc) is 2.02. The van der Waals surface area contributed by atoms with Crippen LogP contribution in [0.2, 0.25) is 17.1 Å². The second kappa shape index (κ2) is 3.62. The number of hydrogen-bond acceptors (Lipinski definition) is 3. The second-order valence-electron chi connectivity index (χ2n) is 3.94. The fourth-order valence-electron chi connectivity index (χ4n) is 1.08. The Hall–Kier alpha value is -1.02. The molecule has 1 aromatic carbocycles. The Balaban J connectivity index is 3.27. The molecule has 0 aliphatic heterocycles. The third-order valence-corrected chi connectivity index (χ3v) is 5.76. The first-order valence-corrected chi connectivity index (χ1v) is 10.7. The molecule has 1 rings (SSSR count).